The first-order valence-electron chi connectivity index (χ1n) is 3.81. The van der Waals surface area contributed by atoms with E-state index in [1.165, 1.54) is 0 Å². The van der Waals surface area contributed by atoms with Crippen molar-refractivity contribution >= 4 is 11.6 Å². The maximum Gasteiger partial charge on any atom is 0.134 e. The Bertz CT molecular complexity index is 275. The number of rotatable bonds is 2. The zero-order valence-corrected chi connectivity index (χ0v) is 7.89. The molecule has 0 radical (unpaired) electrons. The van der Waals surface area contributed by atoms with E-state index >= 15 is 0 Å². The molecular weight excluding hydrogens is 174 g/mol. The van der Waals surface area contributed by atoms with Crippen molar-refractivity contribution in [2.45, 2.75) is 13.0 Å². The van der Waals surface area contributed by atoms with Crippen LogP contribution in [0.3, 0.4) is 0 Å². The second-order valence-corrected chi connectivity index (χ2v) is 3.13. The van der Waals surface area contributed by atoms with E-state index < -0.39 is 0 Å². The summed E-state index contributed by atoms with van der Waals surface area (Å²) in [6.07, 6.45) is 0. The Labute approximate surface area is 77.2 Å². The lowest BCUT2D eigenvalue weighted by Gasteiger charge is -2.10. The molecule has 0 saturated heterocycles. The van der Waals surface area contributed by atoms with Crippen molar-refractivity contribution in [1.82, 2.24) is 5.32 Å². The van der Waals surface area contributed by atoms with Crippen LogP contribution in [-0.2, 0) is 0 Å². The average molecular weight is 186 g/mol. The van der Waals surface area contributed by atoms with Gasteiger partial charge in [-0.3, -0.25) is 0 Å². The number of hydrogen-bond acceptors (Lipinski definition) is 2. The maximum absolute atomic E-state index is 9.15. The van der Waals surface area contributed by atoms with Crippen LogP contribution in [0.15, 0.2) is 18.2 Å². The van der Waals surface area contributed by atoms with Crippen molar-refractivity contribution in [2.24, 2.45) is 0 Å². The van der Waals surface area contributed by atoms with E-state index in [1.807, 2.05) is 20.0 Å². The summed E-state index contributed by atoms with van der Waals surface area (Å²) >= 11 is 5.74. The first-order valence-corrected chi connectivity index (χ1v) is 4.18. The molecule has 0 fully saturated rings. The Hall–Kier alpha value is -0.730. The molecule has 2 N–H and O–H groups in total. The summed E-state index contributed by atoms with van der Waals surface area (Å²) < 4.78 is 0. The summed E-state index contributed by atoms with van der Waals surface area (Å²) in [6, 6.07) is 5.47. The Morgan fingerprint density at radius 2 is 2.17 bits per heavy atom. The number of phenols is 1. The third kappa shape index (κ3) is 1.90. The second-order valence-electron chi connectivity index (χ2n) is 2.72. The first-order chi connectivity index (χ1) is 5.65. The number of halogens is 1. The van der Waals surface area contributed by atoms with Crippen molar-refractivity contribution in [1.29, 1.82) is 0 Å². The quantitative estimate of drug-likeness (QED) is 0.741. The molecule has 0 aromatic heterocycles. The van der Waals surface area contributed by atoms with Crippen molar-refractivity contribution in [2.75, 3.05) is 7.05 Å². The van der Waals surface area contributed by atoms with Crippen LogP contribution in [0.25, 0.3) is 0 Å². The molecule has 0 unspecified atom stereocenters. The largest absolute Gasteiger partial charge is 0.506 e. The van der Waals surface area contributed by atoms with Gasteiger partial charge in [0.05, 0.1) is 5.02 Å². The van der Waals surface area contributed by atoms with Gasteiger partial charge in [-0.1, -0.05) is 17.7 Å². The number of nitrogens with one attached hydrogen (secondary N) is 1. The molecule has 0 aliphatic rings. The van der Waals surface area contributed by atoms with E-state index in [0.29, 0.717) is 5.02 Å². The standard InChI is InChI=1S/C9H12ClNO/c1-6(11-2)7-3-4-9(12)8(10)5-7/h3-6,11-12H,1-2H3/t6-/m1/s1. The molecule has 66 valence electrons. The molecule has 0 aliphatic carbocycles. The lowest BCUT2D eigenvalue weighted by atomic mass is 10.1. The van der Waals surface area contributed by atoms with Gasteiger partial charge in [0.25, 0.3) is 0 Å². The molecule has 1 aromatic carbocycles. The monoisotopic (exact) mass is 185 g/mol. The molecule has 1 aromatic rings. The SMILES string of the molecule is CN[C@H](C)c1ccc(O)c(Cl)c1. The average Bonchev–Trinajstić information content (AvgIpc) is 2.08. The molecule has 3 heteroatoms. The molecule has 1 atom stereocenters. The highest BCUT2D eigenvalue weighted by molar-refractivity contribution is 6.32. The summed E-state index contributed by atoms with van der Waals surface area (Å²) in [7, 11) is 1.88. The second kappa shape index (κ2) is 3.78. The molecule has 0 heterocycles. The van der Waals surface area contributed by atoms with Gasteiger partial charge in [-0.15, -0.1) is 0 Å². The Morgan fingerprint density at radius 3 is 2.67 bits per heavy atom. The fourth-order valence-corrected chi connectivity index (χ4v) is 1.15. The number of benzene rings is 1. The van der Waals surface area contributed by atoms with Gasteiger partial charge < -0.3 is 10.4 Å². The normalized spacial score (nSPS) is 12.9. The molecule has 12 heavy (non-hydrogen) atoms. The van der Waals surface area contributed by atoms with Gasteiger partial charge in [0.1, 0.15) is 5.75 Å². The number of hydrogen-bond donors (Lipinski definition) is 2. The third-order valence-electron chi connectivity index (χ3n) is 1.90. The van der Waals surface area contributed by atoms with E-state index in [9.17, 15) is 0 Å². The van der Waals surface area contributed by atoms with Gasteiger partial charge in [0.15, 0.2) is 0 Å². The zero-order valence-electron chi connectivity index (χ0n) is 7.13. The van der Waals surface area contributed by atoms with Crippen LogP contribution in [0.5, 0.6) is 5.75 Å². The van der Waals surface area contributed by atoms with Gasteiger partial charge in [0, 0.05) is 6.04 Å². The topological polar surface area (TPSA) is 32.3 Å². The highest BCUT2D eigenvalue weighted by Gasteiger charge is 2.04. The predicted molar refractivity (Wildman–Crippen MR) is 50.6 cm³/mol. The molecule has 0 spiro atoms. The molecule has 0 bridgehead atoms. The number of aromatic hydroxyl groups is 1. The molecular formula is C9H12ClNO. The highest BCUT2D eigenvalue weighted by atomic mass is 35.5. The maximum atomic E-state index is 9.15. The van der Waals surface area contributed by atoms with E-state index in [0.717, 1.165) is 5.56 Å². The van der Waals surface area contributed by atoms with Crippen LogP contribution in [0, 0.1) is 0 Å². The van der Waals surface area contributed by atoms with Crippen LogP contribution >= 0.6 is 11.6 Å². The molecule has 0 amide bonds. The van der Waals surface area contributed by atoms with Crippen molar-refractivity contribution < 1.29 is 5.11 Å². The van der Waals surface area contributed by atoms with Gasteiger partial charge >= 0.3 is 0 Å². The summed E-state index contributed by atoms with van der Waals surface area (Å²) in [6.45, 7) is 2.03. The van der Waals surface area contributed by atoms with Crippen LogP contribution in [0.1, 0.15) is 18.5 Å². The van der Waals surface area contributed by atoms with Crippen molar-refractivity contribution in [3.8, 4) is 5.75 Å². The Kier molecular flexibility index (Phi) is 2.95. The Balaban J connectivity index is 2.96. The summed E-state index contributed by atoms with van der Waals surface area (Å²) in [5, 5.41) is 12.6. The van der Waals surface area contributed by atoms with E-state index in [4.69, 9.17) is 16.7 Å². The third-order valence-corrected chi connectivity index (χ3v) is 2.21. The van der Waals surface area contributed by atoms with Crippen LogP contribution in [0.4, 0.5) is 0 Å². The van der Waals surface area contributed by atoms with Gasteiger partial charge in [0.2, 0.25) is 0 Å². The summed E-state index contributed by atoms with van der Waals surface area (Å²) in [5.74, 6) is 0.128. The van der Waals surface area contributed by atoms with Crippen molar-refractivity contribution in [3.63, 3.8) is 0 Å². The lowest BCUT2D eigenvalue weighted by molar-refractivity contribution is 0.475. The van der Waals surface area contributed by atoms with Gasteiger partial charge in [-0.2, -0.15) is 0 Å². The molecule has 0 aliphatic heterocycles. The van der Waals surface area contributed by atoms with Gasteiger partial charge in [-0.25, -0.2) is 0 Å². The highest BCUT2D eigenvalue weighted by Crippen LogP contribution is 2.26. The predicted octanol–water partition coefficient (Wildman–Crippen LogP) is 2.33. The summed E-state index contributed by atoms with van der Waals surface area (Å²) in [5.41, 5.74) is 1.07. The zero-order chi connectivity index (χ0) is 9.14. The fraction of sp³-hybridized carbons (Fsp3) is 0.333. The van der Waals surface area contributed by atoms with E-state index in [2.05, 4.69) is 5.32 Å². The van der Waals surface area contributed by atoms with Crippen LogP contribution in [0.2, 0.25) is 5.02 Å². The summed E-state index contributed by atoms with van der Waals surface area (Å²) in [4.78, 5) is 0. The fourth-order valence-electron chi connectivity index (χ4n) is 0.959. The Morgan fingerprint density at radius 1 is 1.50 bits per heavy atom. The van der Waals surface area contributed by atoms with E-state index in [1.54, 1.807) is 12.1 Å². The minimum absolute atomic E-state index is 0.128. The smallest absolute Gasteiger partial charge is 0.134 e. The van der Waals surface area contributed by atoms with Crippen LogP contribution in [-0.4, -0.2) is 12.2 Å². The molecule has 2 nitrogen and oxygen atoms in total. The van der Waals surface area contributed by atoms with Gasteiger partial charge in [-0.05, 0) is 31.7 Å². The van der Waals surface area contributed by atoms with Crippen molar-refractivity contribution in [3.05, 3.63) is 28.8 Å². The van der Waals surface area contributed by atoms with E-state index in [-0.39, 0.29) is 11.8 Å². The minimum atomic E-state index is 0.128. The lowest BCUT2D eigenvalue weighted by Crippen LogP contribution is -2.11. The minimum Gasteiger partial charge on any atom is -0.506 e. The van der Waals surface area contributed by atoms with Crippen LogP contribution < -0.4 is 5.32 Å². The molecule has 1 rings (SSSR count). The molecule has 0 saturated carbocycles. The first kappa shape index (κ1) is 9.36. The number of phenolic OH excluding ortho intramolecular Hbond substituents is 1.